The van der Waals surface area contributed by atoms with E-state index < -0.39 is 15.8 Å². The van der Waals surface area contributed by atoms with Crippen molar-refractivity contribution < 1.29 is 12.8 Å². The fraction of sp³-hybridized carbons (Fsp3) is 0.538. The summed E-state index contributed by atoms with van der Waals surface area (Å²) in [6.07, 6.45) is 1.93. The highest BCUT2D eigenvalue weighted by Gasteiger charge is 2.15. The normalized spacial score (nSPS) is 13.5. The van der Waals surface area contributed by atoms with E-state index in [1.54, 1.807) is 0 Å². The van der Waals surface area contributed by atoms with Gasteiger partial charge in [0.2, 0.25) is 10.0 Å². The van der Waals surface area contributed by atoms with Gasteiger partial charge < -0.3 is 11.1 Å². The van der Waals surface area contributed by atoms with E-state index >= 15 is 0 Å². The smallest absolute Gasteiger partial charge is 0.238 e. The molecule has 5 N–H and O–H groups in total. The number of halogens is 1. The molecule has 1 unspecified atom stereocenters. The molecule has 1 aromatic carbocycles. The highest BCUT2D eigenvalue weighted by molar-refractivity contribution is 7.89. The Hall–Kier alpha value is -1.18. The second-order valence-corrected chi connectivity index (χ2v) is 6.37. The first kappa shape index (κ1) is 16.9. The van der Waals surface area contributed by atoms with Crippen molar-refractivity contribution in [1.29, 1.82) is 0 Å². The maximum Gasteiger partial charge on any atom is 0.238 e. The fourth-order valence-electron chi connectivity index (χ4n) is 2.10. The lowest BCUT2D eigenvalue weighted by atomic mass is 9.95. The minimum atomic E-state index is -3.89. The zero-order valence-electron chi connectivity index (χ0n) is 11.8. The largest absolute Gasteiger partial charge is 0.381 e. The van der Waals surface area contributed by atoms with Gasteiger partial charge in [-0.2, -0.15) is 0 Å². The van der Waals surface area contributed by atoms with Crippen LogP contribution in [0.2, 0.25) is 0 Å². The van der Waals surface area contributed by atoms with Crippen LogP contribution < -0.4 is 16.2 Å². The van der Waals surface area contributed by atoms with Gasteiger partial charge in [-0.25, -0.2) is 17.9 Å². The number of nitrogens with two attached hydrogens (primary N) is 2. The van der Waals surface area contributed by atoms with Crippen LogP contribution in [-0.4, -0.2) is 21.0 Å². The first-order chi connectivity index (χ1) is 9.29. The molecule has 7 heteroatoms. The Balaban J connectivity index is 2.75. The van der Waals surface area contributed by atoms with Gasteiger partial charge in [-0.3, -0.25) is 0 Å². The Morgan fingerprint density at radius 3 is 2.35 bits per heavy atom. The predicted octanol–water partition coefficient (Wildman–Crippen LogP) is 1.65. The highest BCUT2D eigenvalue weighted by atomic mass is 32.2. The molecule has 1 aromatic rings. The molecule has 0 amide bonds. The van der Waals surface area contributed by atoms with Gasteiger partial charge in [-0.1, -0.05) is 26.7 Å². The maximum absolute atomic E-state index is 13.8. The van der Waals surface area contributed by atoms with Gasteiger partial charge in [0.15, 0.2) is 0 Å². The number of benzene rings is 1. The number of hydrogen-bond donors (Lipinski definition) is 3. The van der Waals surface area contributed by atoms with Crippen LogP contribution in [0.1, 0.15) is 26.7 Å². The van der Waals surface area contributed by atoms with Gasteiger partial charge in [-0.05, 0) is 24.1 Å². The number of anilines is 1. The molecule has 20 heavy (non-hydrogen) atoms. The molecule has 0 aliphatic carbocycles. The lowest BCUT2D eigenvalue weighted by Gasteiger charge is -2.22. The lowest BCUT2D eigenvalue weighted by Crippen LogP contribution is -2.36. The summed E-state index contributed by atoms with van der Waals surface area (Å²) in [5.74, 6) is -0.289. The van der Waals surface area contributed by atoms with E-state index in [-0.39, 0.29) is 16.6 Å². The number of primary sulfonamides is 1. The topological polar surface area (TPSA) is 98.2 Å². The van der Waals surface area contributed by atoms with Crippen LogP contribution in [0.5, 0.6) is 0 Å². The van der Waals surface area contributed by atoms with Crippen molar-refractivity contribution in [2.75, 3.05) is 11.9 Å². The molecule has 5 nitrogen and oxygen atoms in total. The monoisotopic (exact) mass is 303 g/mol. The summed E-state index contributed by atoms with van der Waals surface area (Å²) in [5, 5.41) is 7.84. The molecular formula is C13H22FN3O2S. The second kappa shape index (κ2) is 7.01. The average Bonchev–Trinajstić information content (AvgIpc) is 2.37. The van der Waals surface area contributed by atoms with Crippen LogP contribution in [-0.2, 0) is 10.0 Å². The van der Waals surface area contributed by atoms with Gasteiger partial charge in [0.05, 0.1) is 10.6 Å². The third kappa shape index (κ3) is 4.43. The summed E-state index contributed by atoms with van der Waals surface area (Å²) in [6.45, 7) is 4.56. The summed E-state index contributed by atoms with van der Waals surface area (Å²) < 4.78 is 36.0. The van der Waals surface area contributed by atoms with Crippen molar-refractivity contribution >= 4 is 15.7 Å². The molecule has 0 radical (unpaired) electrons. The van der Waals surface area contributed by atoms with Crippen LogP contribution in [0.25, 0.3) is 0 Å². The Kier molecular flexibility index (Phi) is 5.91. The minimum Gasteiger partial charge on any atom is -0.381 e. The molecule has 1 atom stereocenters. The fourth-order valence-corrected chi connectivity index (χ4v) is 2.63. The van der Waals surface area contributed by atoms with Crippen molar-refractivity contribution in [3.63, 3.8) is 0 Å². The standard InChI is InChI=1S/C13H22FN3O2S/c1-3-9(4-2)12(15)8-17-13-6-5-10(7-11(13)14)20(16,18)19/h5-7,9,12,17H,3-4,8,15H2,1-2H3,(H2,16,18,19). The minimum absolute atomic E-state index is 0.0812. The lowest BCUT2D eigenvalue weighted by molar-refractivity contribution is 0.407. The SMILES string of the molecule is CCC(CC)C(N)CNc1ccc(S(N)(=O)=O)cc1F. The third-order valence-electron chi connectivity index (χ3n) is 3.45. The van der Waals surface area contributed by atoms with E-state index in [0.29, 0.717) is 12.5 Å². The first-order valence-corrected chi connectivity index (χ1v) is 8.16. The molecule has 0 spiro atoms. The summed E-state index contributed by atoms with van der Waals surface area (Å²) in [6, 6.07) is 3.45. The Morgan fingerprint density at radius 2 is 1.90 bits per heavy atom. The molecule has 0 saturated heterocycles. The molecule has 1 rings (SSSR count). The van der Waals surface area contributed by atoms with E-state index in [1.165, 1.54) is 12.1 Å². The number of sulfonamides is 1. The quantitative estimate of drug-likeness (QED) is 0.713. The molecule has 0 saturated carbocycles. The molecule has 0 heterocycles. The zero-order chi connectivity index (χ0) is 15.3. The van der Waals surface area contributed by atoms with Gasteiger partial charge in [-0.15, -0.1) is 0 Å². The van der Waals surface area contributed by atoms with Crippen molar-refractivity contribution in [3.8, 4) is 0 Å². The van der Waals surface area contributed by atoms with Crippen LogP contribution in [0.4, 0.5) is 10.1 Å². The Labute approximate surface area is 119 Å². The summed E-state index contributed by atoms with van der Waals surface area (Å²) in [4.78, 5) is -0.246. The molecule has 0 aliphatic rings. The van der Waals surface area contributed by atoms with Crippen molar-refractivity contribution in [2.45, 2.75) is 37.6 Å². The van der Waals surface area contributed by atoms with E-state index in [2.05, 4.69) is 19.2 Å². The molecule has 0 fully saturated rings. The average molecular weight is 303 g/mol. The Bertz CT molecular complexity index is 545. The molecule has 114 valence electrons. The predicted molar refractivity (Wildman–Crippen MR) is 78.3 cm³/mol. The van der Waals surface area contributed by atoms with Crippen molar-refractivity contribution in [1.82, 2.24) is 0 Å². The van der Waals surface area contributed by atoms with Crippen LogP contribution >= 0.6 is 0 Å². The summed E-state index contributed by atoms with van der Waals surface area (Å²) >= 11 is 0. The van der Waals surface area contributed by atoms with Crippen molar-refractivity contribution in [2.24, 2.45) is 16.8 Å². The molecule has 0 aliphatic heterocycles. The summed E-state index contributed by atoms with van der Waals surface area (Å²) in [5.41, 5.74) is 6.26. The first-order valence-electron chi connectivity index (χ1n) is 6.61. The van der Waals surface area contributed by atoms with E-state index in [9.17, 15) is 12.8 Å². The van der Waals surface area contributed by atoms with E-state index in [1.807, 2.05) is 0 Å². The number of rotatable bonds is 7. The van der Waals surface area contributed by atoms with Gasteiger partial charge in [0, 0.05) is 12.6 Å². The third-order valence-corrected chi connectivity index (χ3v) is 4.36. The van der Waals surface area contributed by atoms with Crippen LogP contribution in [0.3, 0.4) is 0 Å². The summed E-state index contributed by atoms with van der Waals surface area (Å²) in [7, 11) is -3.89. The second-order valence-electron chi connectivity index (χ2n) is 4.81. The van der Waals surface area contributed by atoms with E-state index in [0.717, 1.165) is 18.9 Å². The van der Waals surface area contributed by atoms with Crippen molar-refractivity contribution in [3.05, 3.63) is 24.0 Å². The molecule has 0 bridgehead atoms. The van der Waals surface area contributed by atoms with Gasteiger partial charge in [0.1, 0.15) is 5.82 Å². The highest BCUT2D eigenvalue weighted by Crippen LogP contribution is 2.19. The number of nitrogens with one attached hydrogen (secondary N) is 1. The van der Waals surface area contributed by atoms with Gasteiger partial charge >= 0.3 is 0 Å². The molecule has 0 aromatic heterocycles. The van der Waals surface area contributed by atoms with Gasteiger partial charge in [0.25, 0.3) is 0 Å². The van der Waals surface area contributed by atoms with Crippen LogP contribution in [0, 0.1) is 11.7 Å². The Morgan fingerprint density at radius 1 is 1.30 bits per heavy atom. The zero-order valence-corrected chi connectivity index (χ0v) is 12.6. The van der Waals surface area contributed by atoms with Crippen LogP contribution in [0.15, 0.2) is 23.1 Å². The molecular weight excluding hydrogens is 281 g/mol. The number of hydrogen-bond acceptors (Lipinski definition) is 4. The van der Waals surface area contributed by atoms with E-state index in [4.69, 9.17) is 10.9 Å². The maximum atomic E-state index is 13.8.